The van der Waals surface area contributed by atoms with E-state index in [1.807, 2.05) is 0 Å². The monoisotopic (exact) mass is 334 g/mol. The number of halogens is 2. The van der Waals surface area contributed by atoms with E-state index in [1.165, 1.54) is 0 Å². The van der Waals surface area contributed by atoms with Crippen LogP contribution in [0.15, 0.2) is 18.5 Å². The number of anilines is 1. The Morgan fingerprint density at radius 2 is 2.00 bits per heavy atom. The summed E-state index contributed by atoms with van der Waals surface area (Å²) in [5.41, 5.74) is 0. The second kappa shape index (κ2) is 7.28. The fourth-order valence-electron chi connectivity index (χ4n) is 2.50. The Morgan fingerprint density at radius 1 is 1.27 bits per heavy atom. The lowest BCUT2D eigenvalue weighted by Gasteiger charge is -2.18. The van der Waals surface area contributed by atoms with Crippen molar-refractivity contribution in [3.8, 4) is 0 Å². The minimum absolute atomic E-state index is 0.00242. The van der Waals surface area contributed by atoms with E-state index >= 15 is 0 Å². The maximum atomic E-state index is 13.4. The van der Waals surface area contributed by atoms with Gasteiger partial charge in [0.25, 0.3) is 5.92 Å². The number of alkyl halides is 2. The van der Waals surface area contributed by atoms with Gasteiger partial charge in [-0.1, -0.05) is 0 Å². The maximum Gasteiger partial charge on any atom is 0.250 e. The van der Waals surface area contributed by atoms with Crippen molar-refractivity contribution in [3.05, 3.63) is 18.5 Å². The van der Waals surface area contributed by atoms with Gasteiger partial charge in [0.05, 0.1) is 5.75 Å². The molecule has 22 heavy (non-hydrogen) atoms. The van der Waals surface area contributed by atoms with Crippen molar-refractivity contribution in [2.75, 3.05) is 24.2 Å². The number of nitrogens with one attached hydrogen (secondary N) is 2. The molecule has 1 heterocycles. The fraction of sp³-hybridized carbons (Fsp3) is 0.692. The van der Waals surface area contributed by atoms with Crippen LogP contribution in [0, 0.1) is 5.92 Å². The highest BCUT2D eigenvalue weighted by molar-refractivity contribution is 7.89. The number of hydrogen-bond donors (Lipinski definition) is 2. The van der Waals surface area contributed by atoms with Gasteiger partial charge in [-0.15, -0.1) is 0 Å². The van der Waals surface area contributed by atoms with Crippen LogP contribution in [0.2, 0.25) is 0 Å². The highest BCUT2D eigenvalue weighted by Gasteiger charge is 2.43. The predicted molar refractivity (Wildman–Crippen MR) is 79.2 cm³/mol. The second-order valence-electron chi connectivity index (χ2n) is 5.35. The number of aromatic nitrogens is 2. The lowest BCUT2D eigenvalue weighted by molar-refractivity contribution is -0.0374. The summed E-state index contributed by atoms with van der Waals surface area (Å²) in [6.45, 7) is 0.477. The molecule has 0 radical (unpaired) electrons. The molecule has 1 aromatic rings. The molecule has 1 saturated carbocycles. The Hall–Kier alpha value is -1.35. The standard InChI is InChI=1S/C13H20F2N4O2S/c14-13(15)5-1-3-11(13)4-10-22(20,21)19-9-8-18-12-16-6-2-7-17-12/h2,6-7,11,19H,1,3-5,8-10H2,(H,16,17,18). The van der Waals surface area contributed by atoms with E-state index in [4.69, 9.17) is 0 Å². The molecule has 0 aliphatic heterocycles. The molecular formula is C13H20F2N4O2S. The first-order valence-corrected chi connectivity index (χ1v) is 8.90. The van der Waals surface area contributed by atoms with Crippen LogP contribution in [-0.2, 0) is 10.0 Å². The van der Waals surface area contributed by atoms with E-state index in [-0.39, 0.29) is 25.1 Å². The highest BCUT2D eigenvalue weighted by Crippen LogP contribution is 2.42. The number of rotatable bonds is 8. The summed E-state index contributed by atoms with van der Waals surface area (Å²) in [5, 5.41) is 2.86. The SMILES string of the molecule is O=S(=O)(CCC1CCCC1(F)F)NCCNc1ncccn1. The molecular weight excluding hydrogens is 314 g/mol. The van der Waals surface area contributed by atoms with E-state index in [0.717, 1.165) is 0 Å². The zero-order chi connectivity index (χ0) is 16.1. The normalized spacial score (nSPS) is 20.9. The molecule has 9 heteroatoms. The van der Waals surface area contributed by atoms with Gasteiger partial charge >= 0.3 is 0 Å². The Bertz CT molecular complexity index is 569. The molecule has 124 valence electrons. The summed E-state index contributed by atoms with van der Waals surface area (Å²) in [5.74, 6) is -3.40. The minimum Gasteiger partial charge on any atom is -0.353 e. The topological polar surface area (TPSA) is 84.0 Å². The van der Waals surface area contributed by atoms with Gasteiger partial charge in [-0.3, -0.25) is 0 Å². The highest BCUT2D eigenvalue weighted by atomic mass is 32.2. The van der Waals surface area contributed by atoms with Gasteiger partial charge in [0.15, 0.2) is 0 Å². The van der Waals surface area contributed by atoms with Crippen LogP contribution in [0.25, 0.3) is 0 Å². The minimum atomic E-state index is -3.54. The van der Waals surface area contributed by atoms with Crippen molar-refractivity contribution in [1.82, 2.24) is 14.7 Å². The smallest absolute Gasteiger partial charge is 0.250 e. The molecule has 1 atom stereocenters. The third-order valence-corrected chi connectivity index (χ3v) is 5.11. The molecule has 6 nitrogen and oxygen atoms in total. The van der Waals surface area contributed by atoms with Crippen molar-refractivity contribution in [2.24, 2.45) is 5.92 Å². The van der Waals surface area contributed by atoms with Crippen LogP contribution in [-0.4, -0.2) is 43.2 Å². The quantitative estimate of drug-likeness (QED) is 0.706. The molecule has 1 fully saturated rings. The zero-order valence-electron chi connectivity index (χ0n) is 12.1. The summed E-state index contributed by atoms with van der Waals surface area (Å²) in [6.07, 6.45) is 3.87. The third kappa shape index (κ3) is 5.13. The van der Waals surface area contributed by atoms with Gasteiger partial charge in [-0.2, -0.15) is 0 Å². The molecule has 2 N–H and O–H groups in total. The molecule has 2 rings (SSSR count). The van der Waals surface area contributed by atoms with Crippen molar-refractivity contribution in [3.63, 3.8) is 0 Å². The van der Waals surface area contributed by atoms with E-state index in [1.54, 1.807) is 18.5 Å². The number of sulfonamides is 1. The molecule has 0 saturated heterocycles. The van der Waals surface area contributed by atoms with Crippen LogP contribution in [0.4, 0.5) is 14.7 Å². The predicted octanol–water partition coefficient (Wildman–Crippen LogP) is 1.63. The first kappa shape index (κ1) is 17.0. The molecule has 1 aliphatic carbocycles. The Morgan fingerprint density at radius 3 is 2.64 bits per heavy atom. The number of nitrogens with zero attached hydrogens (tertiary/aromatic N) is 2. The number of hydrogen-bond acceptors (Lipinski definition) is 5. The summed E-state index contributed by atoms with van der Waals surface area (Å²) < 4.78 is 52.9. The summed E-state index contributed by atoms with van der Waals surface area (Å²) in [7, 11) is -3.54. The van der Waals surface area contributed by atoms with Gasteiger partial charge in [0.1, 0.15) is 0 Å². The van der Waals surface area contributed by atoms with Crippen LogP contribution in [0.5, 0.6) is 0 Å². The van der Waals surface area contributed by atoms with E-state index in [2.05, 4.69) is 20.0 Å². The van der Waals surface area contributed by atoms with Crippen molar-refractivity contribution >= 4 is 16.0 Å². The molecule has 1 aliphatic rings. The zero-order valence-corrected chi connectivity index (χ0v) is 13.0. The fourth-order valence-corrected chi connectivity index (χ4v) is 3.65. The van der Waals surface area contributed by atoms with Crippen molar-refractivity contribution in [2.45, 2.75) is 31.6 Å². The van der Waals surface area contributed by atoms with Crippen molar-refractivity contribution < 1.29 is 17.2 Å². The van der Waals surface area contributed by atoms with Gasteiger partial charge < -0.3 is 5.32 Å². The Balaban J connectivity index is 1.68. The van der Waals surface area contributed by atoms with Crippen LogP contribution >= 0.6 is 0 Å². The average Bonchev–Trinajstić information content (AvgIpc) is 2.82. The largest absolute Gasteiger partial charge is 0.353 e. The van der Waals surface area contributed by atoms with E-state index in [9.17, 15) is 17.2 Å². The molecule has 0 aromatic carbocycles. The lowest BCUT2D eigenvalue weighted by Crippen LogP contribution is -2.33. The maximum absolute atomic E-state index is 13.4. The van der Waals surface area contributed by atoms with Crippen molar-refractivity contribution in [1.29, 1.82) is 0 Å². The van der Waals surface area contributed by atoms with Crippen LogP contribution < -0.4 is 10.0 Å². The third-order valence-electron chi connectivity index (χ3n) is 3.69. The lowest BCUT2D eigenvalue weighted by atomic mass is 10.0. The van der Waals surface area contributed by atoms with E-state index < -0.39 is 21.9 Å². The summed E-state index contributed by atoms with van der Waals surface area (Å²) >= 11 is 0. The molecule has 0 spiro atoms. The molecule has 1 unspecified atom stereocenters. The Labute approximate surface area is 128 Å². The first-order chi connectivity index (χ1) is 10.4. The van der Waals surface area contributed by atoms with Gasteiger partial charge in [0.2, 0.25) is 16.0 Å². The first-order valence-electron chi connectivity index (χ1n) is 7.25. The van der Waals surface area contributed by atoms with Gasteiger partial charge in [0, 0.05) is 37.8 Å². The molecule has 1 aromatic heterocycles. The Kier molecular flexibility index (Phi) is 5.63. The average molecular weight is 334 g/mol. The summed E-state index contributed by atoms with van der Waals surface area (Å²) in [4.78, 5) is 7.87. The molecule has 0 amide bonds. The van der Waals surface area contributed by atoms with Crippen LogP contribution in [0.3, 0.4) is 0 Å². The van der Waals surface area contributed by atoms with Crippen LogP contribution in [0.1, 0.15) is 25.7 Å². The second-order valence-corrected chi connectivity index (χ2v) is 7.28. The summed E-state index contributed by atoms with van der Waals surface area (Å²) in [6, 6.07) is 1.67. The molecule has 0 bridgehead atoms. The van der Waals surface area contributed by atoms with Gasteiger partial charge in [-0.05, 0) is 25.3 Å². The van der Waals surface area contributed by atoms with E-state index in [0.29, 0.717) is 25.3 Å². The van der Waals surface area contributed by atoms with Gasteiger partial charge in [-0.25, -0.2) is 31.9 Å².